The summed E-state index contributed by atoms with van der Waals surface area (Å²) in [5.41, 5.74) is 0.321. The number of pyridine rings is 1. The first-order chi connectivity index (χ1) is 12.6. The molecule has 0 aliphatic carbocycles. The molecule has 3 rings (SSSR count). The summed E-state index contributed by atoms with van der Waals surface area (Å²) >= 11 is 0. The van der Waals surface area contributed by atoms with Gasteiger partial charge in [0, 0.05) is 50.6 Å². The van der Waals surface area contributed by atoms with Crippen molar-refractivity contribution in [2.24, 2.45) is 5.92 Å². The van der Waals surface area contributed by atoms with Gasteiger partial charge in [-0.05, 0) is 37.3 Å². The second kappa shape index (κ2) is 8.89. The summed E-state index contributed by atoms with van der Waals surface area (Å²) in [4.78, 5) is 44.5. The van der Waals surface area contributed by atoms with Crippen LogP contribution in [0.3, 0.4) is 0 Å². The molecule has 3 heterocycles. The van der Waals surface area contributed by atoms with Gasteiger partial charge in [0.25, 0.3) is 11.7 Å². The van der Waals surface area contributed by atoms with Gasteiger partial charge >= 0.3 is 0 Å². The van der Waals surface area contributed by atoms with Crippen LogP contribution in [0.1, 0.15) is 36.0 Å². The Kier molecular flexibility index (Phi) is 6.33. The maximum atomic E-state index is 12.5. The Labute approximate surface area is 153 Å². The van der Waals surface area contributed by atoms with E-state index in [2.05, 4.69) is 4.98 Å². The van der Waals surface area contributed by atoms with Gasteiger partial charge in [0.2, 0.25) is 5.91 Å². The Morgan fingerprint density at radius 3 is 2.69 bits per heavy atom. The Hall–Kier alpha value is -2.28. The number of carbonyl (C=O) groups excluding carboxylic acids is 3. The van der Waals surface area contributed by atoms with Gasteiger partial charge in [-0.1, -0.05) is 0 Å². The first kappa shape index (κ1) is 18.5. The van der Waals surface area contributed by atoms with Crippen LogP contribution >= 0.6 is 0 Å². The highest BCUT2D eigenvalue weighted by Gasteiger charge is 2.29. The maximum Gasteiger partial charge on any atom is 0.295 e. The second-order valence-electron chi connectivity index (χ2n) is 6.86. The zero-order valence-electron chi connectivity index (χ0n) is 14.9. The van der Waals surface area contributed by atoms with E-state index >= 15 is 0 Å². The number of likely N-dealkylation sites (tertiary alicyclic amines) is 1. The molecule has 1 aromatic heterocycles. The minimum Gasteiger partial charge on any atom is -0.378 e. The van der Waals surface area contributed by atoms with Gasteiger partial charge in [-0.25, -0.2) is 0 Å². The number of ether oxygens (including phenoxy) is 1. The van der Waals surface area contributed by atoms with Gasteiger partial charge in [0.05, 0.1) is 13.2 Å². The summed E-state index contributed by atoms with van der Waals surface area (Å²) in [6.07, 6.45) is 6.08. The summed E-state index contributed by atoms with van der Waals surface area (Å²) in [6, 6.07) is 3.26. The predicted octanol–water partition coefficient (Wildman–Crippen LogP) is 1.14. The number of piperidine rings is 1. The monoisotopic (exact) mass is 359 g/mol. The van der Waals surface area contributed by atoms with E-state index in [9.17, 15) is 14.4 Å². The van der Waals surface area contributed by atoms with Gasteiger partial charge in [-0.3, -0.25) is 19.4 Å². The molecule has 1 aromatic rings. The molecular formula is C19H25N3O4. The Morgan fingerprint density at radius 2 is 1.96 bits per heavy atom. The van der Waals surface area contributed by atoms with Crippen LogP contribution in [0.15, 0.2) is 24.5 Å². The molecule has 7 heteroatoms. The average molecular weight is 359 g/mol. The molecule has 0 aromatic carbocycles. The molecule has 140 valence electrons. The number of carbonyl (C=O) groups is 3. The van der Waals surface area contributed by atoms with Crippen LogP contribution in [0.4, 0.5) is 0 Å². The van der Waals surface area contributed by atoms with E-state index in [4.69, 9.17) is 4.74 Å². The van der Waals surface area contributed by atoms with Crippen molar-refractivity contribution in [3.63, 3.8) is 0 Å². The van der Waals surface area contributed by atoms with Crippen molar-refractivity contribution in [3.8, 4) is 0 Å². The number of morpholine rings is 1. The van der Waals surface area contributed by atoms with E-state index in [-0.39, 0.29) is 11.8 Å². The predicted molar refractivity (Wildman–Crippen MR) is 94.5 cm³/mol. The average Bonchev–Trinajstić information content (AvgIpc) is 2.72. The standard InChI is InChI=1S/C19H25N3O4/c23-17(21-9-11-26-12-10-21)6-5-15-3-2-8-22(14-15)19(25)18(24)16-4-1-7-20-13-16/h1,4,7,13,15H,2-3,5-6,8-12,14H2. The van der Waals surface area contributed by atoms with Crippen molar-refractivity contribution in [3.05, 3.63) is 30.1 Å². The third-order valence-corrected chi connectivity index (χ3v) is 5.05. The van der Waals surface area contributed by atoms with Crippen LogP contribution < -0.4 is 0 Å². The van der Waals surface area contributed by atoms with Crippen LogP contribution in [0.2, 0.25) is 0 Å². The molecule has 0 saturated carbocycles. The number of amides is 2. The normalized spacial score (nSPS) is 20.7. The molecule has 1 unspecified atom stereocenters. The lowest BCUT2D eigenvalue weighted by molar-refractivity contribution is -0.135. The number of ketones is 1. The summed E-state index contributed by atoms with van der Waals surface area (Å²) in [7, 11) is 0. The number of hydrogen-bond acceptors (Lipinski definition) is 5. The second-order valence-corrected chi connectivity index (χ2v) is 6.86. The summed E-state index contributed by atoms with van der Waals surface area (Å²) in [5, 5.41) is 0. The van der Waals surface area contributed by atoms with E-state index in [0.717, 1.165) is 19.3 Å². The third-order valence-electron chi connectivity index (χ3n) is 5.05. The summed E-state index contributed by atoms with van der Waals surface area (Å²) in [5.74, 6) is -0.562. The van der Waals surface area contributed by atoms with Crippen LogP contribution in [-0.2, 0) is 14.3 Å². The summed E-state index contributed by atoms with van der Waals surface area (Å²) in [6.45, 7) is 3.67. The number of rotatable bonds is 5. The van der Waals surface area contributed by atoms with Gasteiger partial charge < -0.3 is 14.5 Å². The summed E-state index contributed by atoms with van der Waals surface area (Å²) < 4.78 is 5.27. The number of hydrogen-bond donors (Lipinski definition) is 0. The van der Waals surface area contributed by atoms with E-state index in [1.807, 2.05) is 4.90 Å². The molecule has 2 saturated heterocycles. The van der Waals surface area contributed by atoms with Crippen molar-refractivity contribution in [1.82, 2.24) is 14.8 Å². The largest absolute Gasteiger partial charge is 0.378 e. The lowest BCUT2D eigenvalue weighted by Gasteiger charge is -2.33. The number of Topliss-reactive ketones (excluding diaryl/α,β-unsaturated/α-hetero) is 1. The minimum atomic E-state index is -0.511. The SMILES string of the molecule is O=C(C(=O)N1CCCC(CCC(=O)N2CCOCC2)C1)c1cccnc1. The van der Waals surface area contributed by atoms with E-state index < -0.39 is 11.7 Å². The fraction of sp³-hybridized carbons (Fsp3) is 0.579. The van der Waals surface area contributed by atoms with Crippen molar-refractivity contribution < 1.29 is 19.1 Å². The Balaban J connectivity index is 1.50. The molecule has 0 radical (unpaired) electrons. The van der Waals surface area contributed by atoms with Crippen molar-refractivity contribution >= 4 is 17.6 Å². The fourth-order valence-corrected chi connectivity index (χ4v) is 3.55. The van der Waals surface area contributed by atoms with Gasteiger partial charge in [-0.15, -0.1) is 0 Å². The zero-order valence-corrected chi connectivity index (χ0v) is 14.9. The molecule has 2 aliphatic heterocycles. The number of aromatic nitrogens is 1. The first-order valence-corrected chi connectivity index (χ1v) is 9.24. The van der Waals surface area contributed by atoms with Crippen LogP contribution in [0.25, 0.3) is 0 Å². The number of nitrogens with zero attached hydrogens (tertiary/aromatic N) is 3. The lowest BCUT2D eigenvalue weighted by Crippen LogP contribution is -2.44. The molecule has 2 fully saturated rings. The molecule has 1 atom stereocenters. The zero-order chi connectivity index (χ0) is 18.4. The van der Waals surface area contributed by atoms with Crippen LogP contribution in [0, 0.1) is 5.92 Å². The lowest BCUT2D eigenvalue weighted by atomic mass is 9.92. The Morgan fingerprint density at radius 1 is 1.15 bits per heavy atom. The van der Waals surface area contributed by atoms with Crippen molar-refractivity contribution in [2.45, 2.75) is 25.7 Å². The topological polar surface area (TPSA) is 79.8 Å². The highest BCUT2D eigenvalue weighted by Crippen LogP contribution is 2.22. The maximum absolute atomic E-state index is 12.5. The van der Waals surface area contributed by atoms with Gasteiger partial charge in [0.1, 0.15) is 0 Å². The molecule has 2 aliphatic rings. The van der Waals surface area contributed by atoms with Gasteiger partial charge in [0.15, 0.2) is 0 Å². The quantitative estimate of drug-likeness (QED) is 0.582. The highest BCUT2D eigenvalue weighted by atomic mass is 16.5. The molecule has 0 spiro atoms. The van der Waals surface area contributed by atoms with E-state index in [0.29, 0.717) is 51.4 Å². The smallest absolute Gasteiger partial charge is 0.295 e. The first-order valence-electron chi connectivity index (χ1n) is 9.24. The molecule has 26 heavy (non-hydrogen) atoms. The fourth-order valence-electron chi connectivity index (χ4n) is 3.55. The van der Waals surface area contributed by atoms with E-state index in [1.54, 1.807) is 23.2 Å². The Bertz CT molecular complexity index is 643. The van der Waals surface area contributed by atoms with Crippen molar-refractivity contribution in [2.75, 3.05) is 39.4 Å². The molecule has 0 bridgehead atoms. The highest BCUT2D eigenvalue weighted by molar-refractivity contribution is 6.42. The van der Waals surface area contributed by atoms with Gasteiger partial charge in [-0.2, -0.15) is 0 Å². The van der Waals surface area contributed by atoms with E-state index in [1.165, 1.54) is 6.20 Å². The minimum absolute atomic E-state index is 0.156. The molecular weight excluding hydrogens is 334 g/mol. The molecule has 0 N–H and O–H groups in total. The van der Waals surface area contributed by atoms with Crippen LogP contribution in [-0.4, -0.2) is 71.8 Å². The van der Waals surface area contributed by atoms with Crippen LogP contribution in [0.5, 0.6) is 0 Å². The molecule has 2 amide bonds. The molecule has 7 nitrogen and oxygen atoms in total. The third kappa shape index (κ3) is 4.66. The van der Waals surface area contributed by atoms with Crippen molar-refractivity contribution in [1.29, 1.82) is 0 Å².